The van der Waals surface area contributed by atoms with E-state index in [0.717, 1.165) is 5.56 Å². The number of aliphatic hydroxyl groups is 1. The summed E-state index contributed by atoms with van der Waals surface area (Å²) in [5.41, 5.74) is 1.85. The van der Waals surface area contributed by atoms with Gasteiger partial charge in [0.1, 0.15) is 5.82 Å². The number of carbonyl (C=O) groups is 1. The monoisotopic (exact) mass is 287 g/mol. The number of carbonyl (C=O) groups excluding carboxylic acids is 1. The zero-order valence-corrected chi connectivity index (χ0v) is 11.8. The smallest absolute Gasteiger partial charge is 0.251 e. The Labute approximate surface area is 123 Å². The third-order valence-electron chi connectivity index (χ3n) is 3.30. The molecule has 21 heavy (non-hydrogen) atoms. The topological polar surface area (TPSA) is 49.3 Å². The summed E-state index contributed by atoms with van der Waals surface area (Å²) in [5, 5.41) is 12.2. The molecule has 0 aliphatic heterocycles. The number of nitrogens with one attached hydrogen (secondary N) is 1. The summed E-state index contributed by atoms with van der Waals surface area (Å²) < 4.78 is 13.2. The second-order valence-electron chi connectivity index (χ2n) is 5.01. The van der Waals surface area contributed by atoms with E-state index >= 15 is 0 Å². The Morgan fingerprint density at radius 1 is 1.24 bits per heavy atom. The summed E-state index contributed by atoms with van der Waals surface area (Å²) in [6.45, 7) is 1.46. The van der Waals surface area contributed by atoms with Crippen molar-refractivity contribution >= 4 is 5.91 Å². The van der Waals surface area contributed by atoms with Gasteiger partial charge in [0.2, 0.25) is 0 Å². The minimum absolute atomic E-state index is 0.152. The number of rotatable bonds is 5. The molecular formula is C17H18FNO2. The van der Waals surface area contributed by atoms with Crippen LogP contribution < -0.4 is 5.32 Å². The number of hydrogen-bond donors (Lipinski definition) is 2. The van der Waals surface area contributed by atoms with Crippen molar-refractivity contribution in [2.75, 3.05) is 6.61 Å². The number of hydrogen-bond acceptors (Lipinski definition) is 2. The van der Waals surface area contributed by atoms with Crippen molar-refractivity contribution < 1.29 is 14.3 Å². The van der Waals surface area contributed by atoms with Crippen LogP contribution in [0.3, 0.4) is 0 Å². The lowest BCUT2D eigenvalue weighted by Gasteiger charge is -2.16. The van der Waals surface area contributed by atoms with Crippen LogP contribution in [0.2, 0.25) is 0 Å². The molecule has 0 saturated heterocycles. The Morgan fingerprint density at radius 3 is 2.57 bits per heavy atom. The largest absolute Gasteiger partial charge is 0.394 e. The molecule has 2 aromatic carbocycles. The van der Waals surface area contributed by atoms with E-state index in [9.17, 15) is 14.3 Å². The summed E-state index contributed by atoms with van der Waals surface area (Å²) in [5.74, 6) is -0.650. The summed E-state index contributed by atoms with van der Waals surface area (Å²) in [6.07, 6.45) is 0.545. The Hall–Kier alpha value is -2.20. The zero-order chi connectivity index (χ0) is 15.2. The van der Waals surface area contributed by atoms with E-state index in [2.05, 4.69) is 5.32 Å². The fourth-order valence-electron chi connectivity index (χ4n) is 2.11. The van der Waals surface area contributed by atoms with Crippen LogP contribution in [0.15, 0.2) is 48.5 Å². The minimum atomic E-state index is -0.370. The Bertz CT molecular complexity index is 613. The van der Waals surface area contributed by atoms with E-state index < -0.39 is 0 Å². The third kappa shape index (κ3) is 4.13. The highest BCUT2D eigenvalue weighted by Gasteiger charge is 2.14. The lowest BCUT2D eigenvalue weighted by molar-refractivity contribution is 0.0916. The summed E-state index contributed by atoms with van der Waals surface area (Å²) in [6, 6.07) is 13.5. The molecule has 0 spiro atoms. The molecule has 1 amide bonds. The molecule has 0 fully saturated rings. The maximum Gasteiger partial charge on any atom is 0.251 e. The van der Waals surface area contributed by atoms with Crippen LogP contribution in [0, 0.1) is 12.7 Å². The van der Waals surface area contributed by atoms with Crippen molar-refractivity contribution in [3.63, 3.8) is 0 Å². The van der Waals surface area contributed by atoms with Gasteiger partial charge in [0, 0.05) is 5.56 Å². The van der Waals surface area contributed by atoms with Crippen LogP contribution in [0.25, 0.3) is 0 Å². The fraction of sp³-hybridized carbons (Fsp3) is 0.235. The number of aliphatic hydroxyl groups excluding tert-OH is 1. The predicted molar refractivity (Wildman–Crippen MR) is 79.6 cm³/mol. The highest BCUT2D eigenvalue weighted by molar-refractivity contribution is 5.94. The first-order valence-corrected chi connectivity index (χ1v) is 6.82. The standard InChI is InChI=1S/C17H18FNO2/c1-12-9-14(7-8-16(12)18)17(21)19-15(11-20)10-13-5-3-2-4-6-13/h2-9,15,20H,10-11H2,1H3,(H,19,21). The first-order chi connectivity index (χ1) is 10.1. The third-order valence-corrected chi connectivity index (χ3v) is 3.30. The van der Waals surface area contributed by atoms with E-state index in [1.54, 1.807) is 6.92 Å². The average Bonchev–Trinajstić information content (AvgIpc) is 2.50. The van der Waals surface area contributed by atoms with Gasteiger partial charge in [-0.1, -0.05) is 30.3 Å². The number of halogens is 1. The molecule has 0 aliphatic rings. The molecule has 4 heteroatoms. The molecular weight excluding hydrogens is 269 g/mol. The molecule has 2 N–H and O–H groups in total. The van der Waals surface area contributed by atoms with Gasteiger partial charge in [-0.25, -0.2) is 4.39 Å². The molecule has 0 heterocycles. The Balaban J connectivity index is 2.04. The van der Waals surface area contributed by atoms with Crippen molar-refractivity contribution in [1.29, 1.82) is 0 Å². The molecule has 0 aliphatic carbocycles. The molecule has 1 atom stereocenters. The van der Waals surface area contributed by atoms with Gasteiger partial charge in [-0.15, -0.1) is 0 Å². The van der Waals surface area contributed by atoms with E-state index in [1.165, 1.54) is 18.2 Å². The summed E-state index contributed by atoms with van der Waals surface area (Å²) in [4.78, 5) is 12.1. The van der Waals surface area contributed by atoms with Crippen molar-refractivity contribution in [1.82, 2.24) is 5.32 Å². The maximum atomic E-state index is 13.2. The van der Waals surface area contributed by atoms with Gasteiger partial charge in [-0.2, -0.15) is 0 Å². The molecule has 2 rings (SSSR count). The Morgan fingerprint density at radius 2 is 1.95 bits per heavy atom. The van der Waals surface area contributed by atoms with Gasteiger partial charge in [0.15, 0.2) is 0 Å². The van der Waals surface area contributed by atoms with Gasteiger partial charge in [0.25, 0.3) is 5.91 Å². The van der Waals surface area contributed by atoms with E-state index in [0.29, 0.717) is 17.5 Å². The van der Waals surface area contributed by atoms with Crippen molar-refractivity contribution in [3.05, 3.63) is 71.0 Å². The first kappa shape index (κ1) is 15.2. The van der Waals surface area contributed by atoms with Gasteiger partial charge in [-0.05, 0) is 42.7 Å². The average molecular weight is 287 g/mol. The fourth-order valence-corrected chi connectivity index (χ4v) is 2.11. The van der Waals surface area contributed by atoms with Crippen LogP contribution in [-0.2, 0) is 6.42 Å². The van der Waals surface area contributed by atoms with Crippen molar-refractivity contribution in [2.45, 2.75) is 19.4 Å². The van der Waals surface area contributed by atoms with E-state index in [1.807, 2.05) is 30.3 Å². The molecule has 0 bridgehead atoms. The molecule has 0 aromatic heterocycles. The van der Waals surface area contributed by atoms with Crippen LogP contribution >= 0.6 is 0 Å². The quantitative estimate of drug-likeness (QED) is 0.887. The van der Waals surface area contributed by atoms with Crippen LogP contribution in [0.1, 0.15) is 21.5 Å². The van der Waals surface area contributed by atoms with Gasteiger partial charge < -0.3 is 10.4 Å². The molecule has 2 aromatic rings. The minimum Gasteiger partial charge on any atom is -0.394 e. The van der Waals surface area contributed by atoms with E-state index in [4.69, 9.17) is 0 Å². The maximum absolute atomic E-state index is 13.2. The molecule has 0 saturated carbocycles. The second kappa shape index (κ2) is 6.99. The van der Waals surface area contributed by atoms with E-state index in [-0.39, 0.29) is 24.4 Å². The lowest BCUT2D eigenvalue weighted by Crippen LogP contribution is -2.39. The lowest BCUT2D eigenvalue weighted by atomic mass is 10.1. The highest BCUT2D eigenvalue weighted by Crippen LogP contribution is 2.10. The van der Waals surface area contributed by atoms with Crippen LogP contribution in [-0.4, -0.2) is 23.7 Å². The molecule has 3 nitrogen and oxygen atoms in total. The predicted octanol–water partition coefficient (Wildman–Crippen LogP) is 2.47. The summed E-state index contributed by atoms with van der Waals surface area (Å²) >= 11 is 0. The number of amides is 1. The van der Waals surface area contributed by atoms with Gasteiger partial charge >= 0.3 is 0 Å². The second-order valence-corrected chi connectivity index (χ2v) is 5.01. The first-order valence-electron chi connectivity index (χ1n) is 6.82. The summed E-state index contributed by atoms with van der Waals surface area (Å²) in [7, 11) is 0. The molecule has 1 unspecified atom stereocenters. The normalized spacial score (nSPS) is 12.0. The molecule has 110 valence electrons. The number of aryl methyl sites for hydroxylation is 1. The van der Waals surface area contributed by atoms with Crippen LogP contribution in [0.4, 0.5) is 4.39 Å². The molecule has 0 radical (unpaired) electrons. The van der Waals surface area contributed by atoms with Gasteiger partial charge in [0.05, 0.1) is 12.6 Å². The van der Waals surface area contributed by atoms with Crippen molar-refractivity contribution in [2.24, 2.45) is 0 Å². The number of benzene rings is 2. The van der Waals surface area contributed by atoms with Gasteiger partial charge in [-0.3, -0.25) is 4.79 Å². The zero-order valence-electron chi connectivity index (χ0n) is 11.8. The SMILES string of the molecule is Cc1cc(C(=O)NC(CO)Cc2ccccc2)ccc1F. The van der Waals surface area contributed by atoms with Crippen molar-refractivity contribution in [3.8, 4) is 0 Å². The Kier molecular flexibility index (Phi) is 5.06. The van der Waals surface area contributed by atoms with Crippen LogP contribution in [0.5, 0.6) is 0 Å². The highest BCUT2D eigenvalue weighted by atomic mass is 19.1.